The van der Waals surface area contributed by atoms with Crippen molar-refractivity contribution in [2.75, 3.05) is 0 Å². The van der Waals surface area contributed by atoms with Crippen LogP contribution in [0.3, 0.4) is 0 Å². The monoisotopic (exact) mass is 351 g/mol. The molecule has 0 aromatic heterocycles. The van der Waals surface area contributed by atoms with Crippen molar-refractivity contribution < 1.29 is 9.53 Å². The van der Waals surface area contributed by atoms with Gasteiger partial charge in [-0.25, -0.2) is 0 Å². The van der Waals surface area contributed by atoms with Crippen molar-refractivity contribution in [3.05, 3.63) is 101 Å². The third-order valence-corrected chi connectivity index (χ3v) is 3.97. The van der Waals surface area contributed by atoms with E-state index in [2.05, 4.69) is 5.32 Å². The second-order valence-corrected chi connectivity index (χ2v) is 6.01. The van der Waals surface area contributed by atoms with Gasteiger partial charge < -0.3 is 10.1 Å². The van der Waals surface area contributed by atoms with Gasteiger partial charge in [-0.2, -0.15) is 0 Å². The van der Waals surface area contributed by atoms with Gasteiger partial charge in [-0.3, -0.25) is 4.79 Å². The Labute approximate surface area is 152 Å². The fourth-order valence-electron chi connectivity index (χ4n) is 2.43. The van der Waals surface area contributed by atoms with Gasteiger partial charge in [0, 0.05) is 22.7 Å². The fraction of sp³-hybridized carbons (Fsp3) is 0.0952. The molecule has 0 aliphatic carbocycles. The van der Waals surface area contributed by atoms with Crippen LogP contribution in [0.5, 0.6) is 5.75 Å². The molecule has 3 rings (SSSR count). The standard InChI is InChI=1S/C21H18ClNO2/c22-19-11-12-20(25-15-16-7-3-1-4-8-16)18(13-19)14-23-21(24)17-9-5-2-6-10-17/h1-13H,14-15H2,(H,23,24). The highest BCUT2D eigenvalue weighted by atomic mass is 35.5. The summed E-state index contributed by atoms with van der Waals surface area (Å²) < 4.78 is 5.91. The first-order chi connectivity index (χ1) is 12.2. The first-order valence-corrected chi connectivity index (χ1v) is 8.38. The van der Waals surface area contributed by atoms with Crippen molar-refractivity contribution in [1.82, 2.24) is 5.32 Å². The molecular formula is C21H18ClNO2. The van der Waals surface area contributed by atoms with Gasteiger partial charge in [0.15, 0.2) is 0 Å². The molecule has 0 aliphatic rings. The van der Waals surface area contributed by atoms with Crippen LogP contribution in [-0.4, -0.2) is 5.91 Å². The summed E-state index contributed by atoms with van der Waals surface area (Å²) in [5, 5.41) is 3.51. The van der Waals surface area contributed by atoms with Crippen LogP contribution in [0.1, 0.15) is 21.5 Å². The van der Waals surface area contributed by atoms with E-state index in [1.807, 2.05) is 60.7 Å². The van der Waals surface area contributed by atoms with Crippen molar-refractivity contribution in [2.45, 2.75) is 13.2 Å². The summed E-state index contributed by atoms with van der Waals surface area (Å²) in [7, 11) is 0. The largest absolute Gasteiger partial charge is 0.489 e. The Morgan fingerprint density at radius 3 is 2.32 bits per heavy atom. The Bertz CT molecular complexity index is 835. The van der Waals surface area contributed by atoms with E-state index in [0.717, 1.165) is 11.1 Å². The predicted molar refractivity (Wildman–Crippen MR) is 99.8 cm³/mol. The molecule has 0 atom stereocenters. The van der Waals surface area contributed by atoms with E-state index in [0.29, 0.717) is 29.5 Å². The number of carbonyl (C=O) groups is 1. The van der Waals surface area contributed by atoms with E-state index in [4.69, 9.17) is 16.3 Å². The minimum atomic E-state index is -0.130. The van der Waals surface area contributed by atoms with Gasteiger partial charge in [0.25, 0.3) is 5.91 Å². The lowest BCUT2D eigenvalue weighted by Gasteiger charge is -2.13. The first-order valence-electron chi connectivity index (χ1n) is 8.01. The number of nitrogens with one attached hydrogen (secondary N) is 1. The number of hydrogen-bond acceptors (Lipinski definition) is 2. The zero-order chi connectivity index (χ0) is 17.5. The molecule has 0 radical (unpaired) electrons. The first kappa shape index (κ1) is 17.1. The smallest absolute Gasteiger partial charge is 0.251 e. The number of carbonyl (C=O) groups excluding carboxylic acids is 1. The van der Waals surface area contributed by atoms with Crippen molar-refractivity contribution in [2.24, 2.45) is 0 Å². The topological polar surface area (TPSA) is 38.3 Å². The lowest BCUT2D eigenvalue weighted by atomic mass is 10.1. The minimum absolute atomic E-state index is 0.130. The molecule has 0 heterocycles. The lowest BCUT2D eigenvalue weighted by molar-refractivity contribution is 0.0950. The van der Waals surface area contributed by atoms with Gasteiger partial charge in [-0.1, -0.05) is 60.1 Å². The SMILES string of the molecule is O=C(NCc1cc(Cl)ccc1OCc1ccccc1)c1ccccc1. The summed E-state index contributed by atoms with van der Waals surface area (Å²) >= 11 is 6.10. The van der Waals surface area contributed by atoms with Gasteiger partial charge in [-0.15, -0.1) is 0 Å². The number of hydrogen-bond donors (Lipinski definition) is 1. The molecular weight excluding hydrogens is 334 g/mol. The van der Waals surface area contributed by atoms with E-state index < -0.39 is 0 Å². The van der Waals surface area contributed by atoms with E-state index in [1.165, 1.54) is 0 Å². The van der Waals surface area contributed by atoms with Gasteiger partial charge in [0.2, 0.25) is 0 Å². The van der Waals surface area contributed by atoms with Crippen molar-refractivity contribution in [3.63, 3.8) is 0 Å². The number of rotatable bonds is 6. The maximum Gasteiger partial charge on any atom is 0.251 e. The lowest BCUT2D eigenvalue weighted by Crippen LogP contribution is -2.23. The maximum atomic E-state index is 12.2. The molecule has 3 aromatic rings. The van der Waals surface area contributed by atoms with Crippen LogP contribution >= 0.6 is 11.6 Å². The van der Waals surface area contributed by atoms with Crippen molar-refractivity contribution >= 4 is 17.5 Å². The van der Waals surface area contributed by atoms with Crippen LogP contribution < -0.4 is 10.1 Å². The second kappa shape index (κ2) is 8.36. The van der Waals surface area contributed by atoms with Crippen LogP contribution in [-0.2, 0) is 13.2 Å². The molecule has 0 saturated carbocycles. The van der Waals surface area contributed by atoms with Crippen LogP contribution in [0, 0.1) is 0 Å². The van der Waals surface area contributed by atoms with Crippen molar-refractivity contribution in [1.29, 1.82) is 0 Å². The molecule has 0 bridgehead atoms. The number of benzene rings is 3. The Morgan fingerprint density at radius 1 is 0.920 bits per heavy atom. The number of ether oxygens (including phenoxy) is 1. The molecule has 0 saturated heterocycles. The van der Waals surface area contributed by atoms with E-state index >= 15 is 0 Å². The molecule has 0 aliphatic heterocycles. The summed E-state index contributed by atoms with van der Waals surface area (Å²) in [4.78, 5) is 12.2. The third-order valence-electron chi connectivity index (χ3n) is 3.74. The van der Waals surface area contributed by atoms with Crippen LogP contribution in [0.25, 0.3) is 0 Å². The highest BCUT2D eigenvalue weighted by Gasteiger charge is 2.09. The Morgan fingerprint density at radius 2 is 1.60 bits per heavy atom. The fourth-order valence-corrected chi connectivity index (χ4v) is 2.62. The minimum Gasteiger partial charge on any atom is -0.489 e. The second-order valence-electron chi connectivity index (χ2n) is 5.58. The Hall–Kier alpha value is -2.78. The van der Waals surface area contributed by atoms with Crippen LogP contribution in [0.15, 0.2) is 78.9 Å². The molecule has 4 heteroatoms. The summed E-state index contributed by atoms with van der Waals surface area (Å²) in [5.74, 6) is 0.580. The van der Waals surface area contributed by atoms with E-state index in [-0.39, 0.29) is 5.91 Å². The molecule has 3 nitrogen and oxygen atoms in total. The van der Waals surface area contributed by atoms with E-state index in [1.54, 1.807) is 18.2 Å². The number of halogens is 1. The Balaban J connectivity index is 1.68. The zero-order valence-electron chi connectivity index (χ0n) is 13.6. The maximum absolute atomic E-state index is 12.2. The average molecular weight is 352 g/mol. The van der Waals surface area contributed by atoms with Gasteiger partial charge in [-0.05, 0) is 35.9 Å². The van der Waals surface area contributed by atoms with Gasteiger partial charge >= 0.3 is 0 Å². The molecule has 126 valence electrons. The highest BCUT2D eigenvalue weighted by molar-refractivity contribution is 6.30. The quantitative estimate of drug-likeness (QED) is 0.689. The number of amides is 1. The summed E-state index contributed by atoms with van der Waals surface area (Å²) in [6.45, 7) is 0.806. The van der Waals surface area contributed by atoms with Gasteiger partial charge in [0.05, 0.1) is 0 Å². The van der Waals surface area contributed by atoms with Gasteiger partial charge in [0.1, 0.15) is 12.4 Å². The van der Waals surface area contributed by atoms with Crippen molar-refractivity contribution in [3.8, 4) is 5.75 Å². The average Bonchev–Trinajstić information content (AvgIpc) is 2.67. The van der Waals surface area contributed by atoms with E-state index in [9.17, 15) is 4.79 Å². The summed E-state index contributed by atoms with van der Waals surface area (Å²) in [5.41, 5.74) is 2.54. The molecule has 0 spiro atoms. The molecule has 1 N–H and O–H groups in total. The normalized spacial score (nSPS) is 10.3. The summed E-state index contributed by atoms with van der Waals surface area (Å²) in [6, 6.07) is 24.5. The molecule has 0 unspecified atom stereocenters. The van der Waals surface area contributed by atoms with Crippen LogP contribution in [0.2, 0.25) is 5.02 Å². The Kier molecular flexibility index (Phi) is 5.70. The molecule has 1 amide bonds. The predicted octanol–water partition coefficient (Wildman–Crippen LogP) is 4.85. The molecule has 25 heavy (non-hydrogen) atoms. The summed E-state index contributed by atoms with van der Waals surface area (Å²) in [6.07, 6.45) is 0. The highest BCUT2D eigenvalue weighted by Crippen LogP contribution is 2.24. The molecule has 0 fully saturated rings. The third kappa shape index (κ3) is 4.85. The molecule has 3 aromatic carbocycles. The zero-order valence-corrected chi connectivity index (χ0v) is 14.4. The van der Waals surface area contributed by atoms with Crippen LogP contribution in [0.4, 0.5) is 0 Å².